The Balaban J connectivity index is 2.00. The van der Waals surface area contributed by atoms with Crippen molar-refractivity contribution < 1.29 is 13.9 Å². The van der Waals surface area contributed by atoms with Gasteiger partial charge in [0, 0.05) is 10.7 Å². The van der Waals surface area contributed by atoms with Gasteiger partial charge < -0.3 is 10.1 Å². The number of carbonyl (C=O) groups is 1. The molecule has 0 heterocycles. The minimum atomic E-state index is -0.685. The Morgan fingerprint density at radius 3 is 2.52 bits per heavy atom. The van der Waals surface area contributed by atoms with Crippen LogP contribution >= 0.6 is 11.6 Å². The smallest absolute Gasteiger partial charge is 0.265 e. The second-order valence-electron chi connectivity index (χ2n) is 4.66. The molecule has 110 valence electrons. The molecule has 5 heteroatoms. The Labute approximate surface area is 127 Å². The van der Waals surface area contributed by atoms with Crippen LogP contribution in [0.15, 0.2) is 42.5 Å². The first-order valence-electron chi connectivity index (χ1n) is 6.45. The highest BCUT2D eigenvalue weighted by molar-refractivity contribution is 6.30. The number of benzene rings is 2. The number of aryl methyl sites for hydroxylation is 1. The van der Waals surface area contributed by atoms with Crippen LogP contribution in [-0.4, -0.2) is 12.0 Å². The lowest BCUT2D eigenvalue weighted by molar-refractivity contribution is -0.122. The third-order valence-electron chi connectivity index (χ3n) is 2.94. The Kier molecular flexibility index (Phi) is 4.81. The van der Waals surface area contributed by atoms with Crippen molar-refractivity contribution in [3.63, 3.8) is 0 Å². The average molecular weight is 308 g/mol. The first-order valence-corrected chi connectivity index (χ1v) is 6.83. The lowest BCUT2D eigenvalue weighted by Gasteiger charge is -2.15. The third kappa shape index (κ3) is 4.20. The van der Waals surface area contributed by atoms with Gasteiger partial charge in [0.1, 0.15) is 11.6 Å². The second-order valence-corrected chi connectivity index (χ2v) is 5.10. The molecule has 1 unspecified atom stereocenters. The summed E-state index contributed by atoms with van der Waals surface area (Å²) in [5, 5.41) is 3.31. The van der Waals surface area contributed by atoms with Crippen LogP contribution in [-0.2, 0) is 4.79 Å². The fourth-order valence-corrected chi connectivity index (χ4v) is 1.90. The van der Waals surface area contributed by atoms with E-state index < -0.39 is 6.10 Å². The van der Waals surface area contributed by atoms with Gasteiger partial charge in [-0.3, -0.25) is 4.79 Å². The van der Waals surface area contributed by atoms with E-state index in [0.717, 1.165) is 0 Å². The van der Waals surface area contributed by atoms with Gasteiger partial charge in [0.2, 0.25) is 0 Å². The molecule has 2 aromatic carbocycles. The van der Waals surface area contributed by atoms with Crippen molar-refractivity contribution in [3.05, 3.63) is 58.9 Å². The Morgan fingerprint density at radius 2 is 1.90 bits per heavy atom. The van der Waals surface area contributed by atoms with Crippen LogP contribution in [0.5, 0.6) is 5.75 Å². The zero-order chi connectivity index (χ0) is 15.4. The lowest BCUT2D eigenvalue weighted by atomic mass is 10.2. The zero-order valence-corrected chi connectivity index (χ0v) is 12.4. The van der Waals surface area contributed by atoms with Crippen LogP contribution < -0.4 is 10.1 Å². The van der Waals surface area contributed by atoms with Crippen molar-refractivity contribution >= 4 is 23.2 Å². The number of nitrogens with one attached hydrogen (secondary N) is 1. The molecule has 0 spiro atoms. The maximum atomic E-state index is 13.0. The summed E-state index contributed by atoms with van der Waals surface area (Å²) in [4.78, 5) is 12.1. The van der Waals surface area contributed by atoms with Crippen LogP contribution in [0.2, 0.25) is 5.02 Å². The molecule has 21 heavy (non-hydrogen) atoms. The Morgan fingerprint density at radius 1 is 1.24 bits per heavy atom. The van der Waals surface area contributed by atoms with Crippen molar-refractivity contribution in [2.24, 2.45) is 0 Å². The fraction of sp³-hybridized carbons (Fsp3) is 0.188. The number of hydrogen-bond acceptors (Lipinski definition) is 2. The standard InChI is InChI=1S/C16H15ClFNO2/c1-10-9-13(18)5-8-15(10)19-16(20)11(2)21-14-6-3-12(17)4-7-14/h3-9,11H,1-2H3,(H,19,20). The summed E-state index contributed by atoms with van der Waals surface area (Å²) in [5.41, 5.74) is 1.22. The van der Waals surface area contributed by atoms with Crippen LogP contribution in [0.1, 0.15) is 12.5 Å². The summed E-state index contributed by atoms with van der Waals surface area (Å²) in [7, 11) is 0. The molecule has 0 fully saturated rings. The van der Waals surface area contributed by atoms with Gasteiger partial charge in [0.15, 0.2) is 6.10 Å². The molecule has 0 aromatic heterocycles. The third-order valence-corrected chi connectivity index (χ3v) is 3.19. The number of anilines is 1. The highest BCUT2D eigenvalue weighted by Crippen LogP contribution is 2.19. The predicted octanol–water partition coefficient (Wildman–Crippen LogP) is 4.19. The molecule has 1 amide bonds. The largest absolute Gasteiger partial charge is 0.481 e. The molecule has 0 aliphatic rings. The van der Waals surface area contributed by atoms with E-state index >= 15 is 0 Å². The number of halogens is 2. The molecular weight excluding hydrogens is 293 g/mol. The quantitative estimate of drug-likeness (QED) is 0.919. The van der Waals surface area contributed by atoms with Crippen LogP contribution in [0.25, 0.3) is 0 Å². The van der Waals surface area contributed by atoms with E-state index in [1.807, 2.05) is 0 Å². The Bertz CT molecular complexity index is 643. The van der Waals surface area contributed by atoms with Gasteiger partial charge in [-0.15, -0.1) is 0 Å². The number of carbonyl (C=O) groups excluding carboxylic acids is 1. The molecule has 0 radical (unpaired) electrons. The van der Waals surface area contributed by atoms with E-state index in [0.29, 0.717) is 22.0 Å². The Hall–Kier alpha value is -2.07. The van der Waals surface area contributed by atoms with Crippen molar-refractivity contribution in [1.82, 2.24) is 0 Å². The molecule has 3 nitrogen and oxygen atoms in total. The summed E-state index contributed by atoms with van der Waals surface area (Å²) in [6.07, 6.45) is -0.685. The maximum absolute atomic E-state index is 13.0. The molecule has 0 aliphatic carbocycles. The van der Waals surface area contributed by atoms with E-state index in [2.05, 4.69) is 5.32 Å². The van der Waals surface area contributed by atoms with Gasteiger partial charge in [0.05, 0.1) is 0 Å². The first-order chi connectivity index (χ1) is 9.95. The number of ether oxygens (including phenoxy) is 1. The minimum Gasteiger partial charge on any atom is -0.481 e. The van der Waals surface area contributed by atoms with Gasteiger partial charge in [-0.05, 0) is 61.9 Å². The van der Waals surface area contributed by atoms with Crippen LogP contribution in [0, 0.1) is 12.7 Å². The highest BCUT2D eigenvalue weighted by atomic mass is 35.5. The fourth-order valence-electron chi connectivity index (χ4n) is 1.77. The number of hydrogen-bond donors (Lipinski definition) is 1. The van der Waals surface area contributed by atoms with E-state index in [1.165, 1.54) is 18.2 Å². The molecule has 1 atom stereocenters. The average Bonchev–Trinajstić information content (AvgIpc) is 2.44. The molecule has 2 aromatic rings. The van der Waals surface area contributed by atoms with Crippen molar-refractivity contribution in [1.29, 1.82) is 0 Å². The minimum absolute atomic E-state index is 0.306. The summed E-state index contributed by atoms with van der Waals surface area (Å²) in [5.74, 6) is -0.0894. The van der Waals surface area contributed by atoms with Crippen molar-refractivity contribution in [3.8, 4) is 5.75 Å². The maximum Gasteiger partial charge on any atom is 0.265 e. The molecular formula is C16H15ClFNO2. The first kappa shape index (κ1) is 15.3. The van der Waals surface area contributed by atoms with E-state index in [1.54, 1.807) is 38.1 Å². The normalized spacial score (nSPS) is 11.8. The van der Waals surface area contributed by atoms with Gasteiger partial charge in [-0.2, -0.15) is 0 Å². The number of rotatable bonds is 4. The van der Waals surface area contributed by atoms with Gasteiger partial charge in [-0.1, -0.05) is 11.6 Å². The van der Waals surface area contributed by atoms with Crippen molar-refractivity contribution in [2.75, 3.05) is 5.32 Å². The van der Waals surface area contributed by atoms with Crippen LogP contribution in [0.3, 0.4) is 0 Å². The summed E-state index contributed by atoms with van der Waals surface area (Å²) in [6, 6.07) is 10.9. The lowest BCUT2D eigenvalue weighted by Crippen LogP contribution is -2.30. The SMILES string of the molecule is Cc1cc(F)ccc1NC(=O)C(C)Oc1ccc(Cl)cc1. The van der Waals surface area contributed by atoms with E-state index in [4.69, 9.17) is 16.3 Å². The monoisotopic (exact) mass is 307 g/mol. The number of amides is 1. The summed E-state index contributed by atoms with van der Waals surface area (Å²) < 4.78 is 18.5. The van der Waals surface area contributed by atoms with Gasteiger partial charge in [0.25, 0.3) is 5.91 Å². The van der Waals surface area contributed by atoms with Gasteiger partial charge >= 0.3 is 0 Å². The van der Waals surface area contributed by atoms with Gasteiger partial charge in [-0.25, -0.2) is 4.39 Å². The topological polar surface area (TPSA) is 38.3 Å². The summed E-state index contributed by atoms with van der Waals surface area (Å²) in [6.45, 7) is 3.37. The second kappa shape index (κ2) is 6.59. The summed E-state index contributed by atoms with van der Waals surface area (Å²) >= 11 is 5.78. The molecule has 1 N–H and O–H groups in total. The van der Waals surface area contributed by atoms with Crippen molar-refractivity contribution in [2.45, 2.75) is 20.0 Å². The van der Waals surface area contributed by atoms with Crippen LogP contribution in [0.4, 0.5) is 10.1 Å². The molecule has 0 saturated carbocycles. The zero-order valence-electron chi connectivity index (χ0n) is 11.7. The highest BCUT2D eigenvalue weighted by Gasteiger charge is 2.15. The molecule has 0 aliphatic heterocycles. The molecule has 2 rings (SSSR count). The predicted molar refractivity (Wildman–Crippen MR) is 81.3 cm³/mol. The van der Waals surface area contributed by atoms with E-state index in [9.17, 15) is 9.18 Å². The van der Waals surface area contributed by atoms with E-state index in [-0.39, 0.29) is 11.7 Å². The molecule has 0 bridgehead atoms. The molecule has 0 saturated heterocycles.